The number of aryl methyl sites for hydroxylation is 1. The van der Waals surface area contributed by atoms with Crippen LogP contribution in [0.2, 0.25) is 0 Å². The van der Waals surface area contributed by atoms with Gasteiger partial charge in [-0.05, 0) is 24.6 Å². The van der Waals surface area contributed by atoms with Crippen LogP contribution >= 0.6 is 0 Å². The van der Waals surface area contributed by atoms with Crippen molar-refractivity contribution in [2.45, 2.75) is 19.9 Å². The summed E-state index contributed by atoms with van der Waals surface area (Å²) in [6.45, 7) is 1.99. The highest BCUT2D eigenvalue weighted by molar-refractivity contribution is 5.20. The Labute approximate surface area is 118 Å². The molecule has 0 aliphatic carbocycles. The first-order valence-corrected chi connectivity index (χ1v) is 6.34. The zero-order chi connectivity index (χ0) is 14.8. The zero-order valence-electron chi connectivity index (χ0n) is 11.2. The smallest absolute Gasteiger partial charge is 0.359 e. The Hall–Kier alpha value is -2.70. The van der Waals surface area contributed by atoms with Crippen LogP contribution in [0.4, 0.5) is 4.39 Å². The van der Waals surface area contributed by atoms with Crippen molar-refractivity contribution in [2.24, 2.45) is 0 Å². The molecule has 0 fully saturated rings. The van der Waals surface area contributed by atoms with Gasteiger partial charge >= 0.3 is 5.76 Å². The van der Waals surface area contributed by atoms with Crippen molar-refractivity contribution in [3.8, 4) is 0 Å². The molecule has 2 heterocycles. The third-order valence-electron chi connectivity index (χ3n) is 3.03. The Balaban J connectivity index is 1.86. The standard InChI is InChI=1S/C14H12FN3O3/c1-9-6-12(20-16-9)8-18-13(17-21-14(18)19)7-10-2-4-11(15)5-3-10/h2-6H,7-8H2,1H3. The summed E-state index contributed by atoms with van der Waals surface area (Å²) in [7, 11) is 0. The minimum atomic E-state index is -0.568. The summed E-state index contributed by atoms with van der Waals surface area (Å²) in [5.41, 5.74) is 1.56. The summed E-state index contributed by atoms with van der Waals surface area (Å²) in [5.74, 6) is 0.105. The van der Waals surface area contributed by atoms with Gasteiger partial charge in [0.05, 0.1) is 12.2 Å². The first-order chi connectivity index (χ1) is 10.1. The Morgan fingerprint density at radius 3 is 2.62 bits per heavy atom. The molecule has 0 aliphatic heterocycles. The van der Waals surface area contributed by atoms with Crippen LogP contribution in [0.5, 0.6) is 0 Å². The van der Waals surface area contributed by atoms with Gasteiger partial charge in [-0.1, -0.05) is 22.4 Å². The fourth-order valence-electron chi connectivity index (χ4n) is 2.01. The van der Waals surface area contributed by atoms with Gasteiger partial charge < -0.3 is 4.52 Å². The lowest BCUT2D eigenvalue weighted by Crippen LogP contribution is -2.17. The van der Waals surface area contributed by atoms with E-state index in [9.17, 15) is 9.18 Å². The van der Waals surface area contributed by atoms with Crippen LogP contribution in [0.25, 0.3) is 0 Å². The van der Waals surface area contributed by atoms with E-state index in [1.165, 1.54) is 16.7 Å². The maximum atomic E-state index is 12.9. The summed E-state index contributed by atoms with van der Waals surface area (Å²) >= 11 is 0. The van der Waals surface area contributed by atoms with E-state index in [1.54, 1.807) is 25.1 Å². The monoisotopic (exact) mass is 289 g/mol. The van der Waals surface area contributed by atoms with E-state index in [0.717, 1.165) is 11.3 Å². The van der Waals surface area contributed by atoms with Gasteiger partial charge in [0.25, 0.3) is 0 Å². The first-order valence-electron chi connectivity index (χ1n) is 6.34. The highest BCUT2D eigenvalue weighted by Crippen LogP contribution is 2.10. The Bertz CT molecular complexity index is 801. The molecule has 0 saturated heterocycles. The molecule has 3 rings (SSSR count). The molecular weight excluding hydrogens is 277 g/mol. The van der Waals surface area contributed by atoms with Gasteiger partial charge in [-0.3, -0.25) is 9.09 Å². The Morgan fingerprint density at radius 1 is 1.19 bits per heavy atom. The molecular formula is C14H12FN3O3. The quantitative estimate of drug-likeness (QED) is 0.733. The average molecular weight is 289 g/mol. The second-order valence-corrected chi connectivity index (χ2v) is 4.69. The molecule has 0 spiro atoms. The second kappa shape index (κ2) is 5.35. The predicted molar refractivity (Wildman–Crippen MR) is 70.3 cm³/mol. The number of halogens is 1. The van der Waals surface area contributed by atoms with Crippen LogP contribution < -0.4 is 5.76 Å². The molecule has 2 aromatic heterocycles. The van der Waals surface area contributed by atoms with Crippen molar-refractivity contribution in [3.05, 3.63) is 69.5 Å². The number of rotatable bonds is 4. The first kappa shape index (κ1) is 13.3. The van der Waals surface area contributed by atoms with E-state index in [4.69, 9.17) is 9.05 Å². The minimum Gasteiger partial charge on any atom is -0.359 e. The fraction of sp³-hybridized carbons (Fsp3) is 0.214. The van der Waals surface area contributed by atoms with E-state index in [0.29, 0.717) is 18.0 Å². The molecule has 0 atom stereocenters. The lowest BCUT2D eigenvalue weighted by Gasteiger charge is -2.02. The highest BCUT2D eigenvalue weighted by Gasteiger charge is 2.14. The fourth-order valence-corrected chi connectivity index (χ4v) is 2.01. The highest BCUT2D eigenvalue weighted by atomic mass is 19.1. The van der Waals surface area contributed by atoms with Crippen LogP contribution in [0.15, 0.2) is 44.2 Å². The number of hydrogen-bond acceptors (Lipinski definition) is 5. The van der Waals surface area contributed by atoms with Crippen LogP contribution in [0.3, 0.4) is 0 Å². The SMILES string of the molecule is Cc1cc(Cn2c(Cc3ccc(F)cc3)noc2=O)on1. The Morgan fingerprint density at radius 2 is 1.95 bits per heavy atom. The summed E-state index contributed by atoms with van der Waals surface area (Å²) in [5, 5.41) is 7.52. The number of hydrogen-bond donors (Lipinski definition) is 0. The summed E-state index contributed by atoms with van der Waals surface area (Å²) in [6, 6.07) is 7.73. The van der Waals surface area contributed by atoms with Gasteiger partial charge in [-0.25, -0.2) is 9.18 Å². The zero-order valence-corrected chi connectivity index (χ0v) is 11.2. The molecule has 0 amide bonds. The maximum Gasteiger partial charge on any atom is 0.442 e. The van der Waals surface area contributed by atoms with Gasteiger partial charge in [-0.15, -0.1) is 0 Å². The van der Waals surface area contributed by atoms with Crippen molar-refractivity contribution in [1.82, 2.24) is 14.9 Å². The van der Waals surface area contributed by atoms with Gasteiger partial charge in [-0.2, -0.15) is 0 Å². The number of aromatic nitrogens is 3. The third-order valence-corrected chi connectivity index (χ3v) is 3.03. The molecule has 1 aromatic carbocycles. The van der Waals surface area contributed by atoms with Gasteiger partial charge in [0.15, 0.2) is 11.6 Å². The second-order valence-electron chi connectivity index (χ2n) is 4.69. The summed E-state index contributed by atoms with van der Waals surface area (Å²) < 4.78 is 24.0. The van der Waals surface area contributed by atoms with Crippen LogP contribution in [-0.2, 0) is 13.0 Å². The third kappa shape index (κ3) is 2.91. The molecule has 0 unspecified atom stereocenters. The largest absolute Gasteiger partial charge is 0.442 e. The topological polar surface area (TPSA) is 74.1 Å². The lowest BCUT2D eigenvalue weighted by molar-refractivity contribution is 0.356. The van der Waals surface area contributed by atoms with Crippen molar-refractivity contribution >= 4 is 0 Å². The van der Waals surface area contributed by atoms with Crippen molar-refractivity contribution < 1.29 is 13.4 Å². The molecule has 0 N–H and O–H groups in total. The van der Waals surface area contributed by atoms with Crippen LogP contribution in [-0.4, -0.2) is 14.9 Å². The van der Waals surface area contributed by atoms with E-state index < -0.39 is 5.76 Å². The summed E-state index contributed by atoms with van der Waals surface area (Å²) in [4.78, 5) is 11.7. The van der Waals surface area contributed by atoms with Gasteiger partial charge in [0, 0.05) is 12.5 Å². The van der Waals surface area contributed by atoms with Gasteiger partial charge in [0.2, 0.25) is 0 Å². The molecule has 108 valence electrons. The molecule has 21 heavy (non-hydrogen) atoms. The molecule has 0 bridgehead atoms. The van der Waals surface area contributed by atoms with Crippen molar-refractivity contribution in [1.29, 1.82) is 0 Å². The van der Waals surface area contributed by atoms with Gasteiger partial charge in [0.1, 0.15) is 5.82 Å². The maximum absolute atomic E-state index is 12.9. The van der Waals surface area contributed by atoms with E-state index in [1.807, 2.05) is 0 Å². The minimum absolute atomic E-state index is 0.194. The van der Waals surface area contributed by atoms with Crippen molar-refractivity contribution in [3.63, 3.8) is 0 Å². The van der Waals surface area contributed by atoms with Crippen LogP contribution in [0, 0.1) is 12.7 Å². The molecule has 0 saturated carbocycles. The molecule has 6 nitrogen and oxygen atoms in total. The van der Waals surface area contributed by atoms with E-state index in [2.05, 4.69) is 10.3 Å². The predicted octanol–water partition coefficient (Wildman–Crippen LogP) is 1.91. The van der Waals surface area contributed by atoms with Crippen LogP contribution in [0.1, 0.15) is 22.8 Å². The molecule has 3 aromatic rings. The Kier molecular flexibility index (Phi) is 3.39. The number of benzene rings is 1. The average Bonchev–Trinajstić information content (AvgIpc) is 3.02. The van der Waals surface area contributed by atoms with E-state index >= 15 is 0 Å². The van der Waals surface area contributed by atoms with Crippen molar-refractivity contribution in [2.75, 3.05) is 0 Å². The lowest BCUT2D eigenvalue weighted by atomic mass is 10.1. The normalized spacial score (nSPS) is 11.0. The molecule has 0 radical (unpaired) electrons. The molecule has 0 aliphatic rings. The van der Waals surface area contributed by atoms with E-state index in [-0.39, 0.29) is 12.4 Å². The summed E-state index contributed by atoms with van der Waals surface area (Å²) in [6.07, 6.45) is 0.360. The molecule has 7 heteroatoms. The number of nitrogens with zero attached hydrogens (tertiary/aromatic N) is 3.